The lowest BCUT2D eigenvalue weighted by atomic mass is 9.72. The zero-order valence-electron chi connectivity index (χ0n) is 31.4. The normalized spacial score (nSPS) is 22.1. The van der Waals surface area contributed by atoms with Crippen LogP contribution in [0.2, 0.25) is 0 Å². The molecule has 1 heterocycles. The Morgan fingerprint density at radius 2 is 0.946 bits per heavy atom. The molecule has 0 amide bonds. The second kappa shape index (κ2) is 12.5. The van der Waals surface area contributed by atoms with E-state index < -0.39 is 0 Å². The van der Waals surface area contributed by atoms with Gasteiger partial charge in [-0.25, -0.2) is 15.0 Å². The molecule has 0 spiro atoms. The van der Waals surface area contributed by atoms with E-state index in [1.165, 1.54) is 48.6 Å². The zero-order valence-corrected chi connectivity index (χ0v) is 31.4. The van der Waals surface area contributed by atoms with Gasteiger partial charge in [-0.15, -0.1) is 0 Å². The van der Waals surface area contributed by atoms with Crippen molar-refractivity contribution in [1.82, 2.24) is 15.0 Å². The molecule has 0 N–H and O–H groups in total. The predicted molar refractivity (Wildman–Crippen MR) is 227 cm³/mol. The molecular weight excluding hydrogens is 681 g/mol. The number of fused-ring (bicyclic) bond motifs is 4. The van der Waals surface area contributed by atoms with E-state index in [0.717, 1.165) is 55.8 Å². The summed E-state index contributed by atoms with van der Waals surface area (Å²) in [7, 11) is 0. The van der Waals surface area contributed by atoms with Crippen LogP contribution in [-0.4, -0.2) is 15.0 Å². The van der Waals surface area contributed by atoms with Gasteiger partial charge in [-0.2, -0.15) is 5.26 Å². The molecule has 7 aromatic carbocycles. The Morgan fingerprint density at radius 1 is 0.482 bits per heavy atom. The number of aromatic nitrogens is 3. The van der Waals surface area contributed by atoms with Gasteiger partial charge in [-0.05, 0) is 123 Å². The molecule has 3 fully saturated rings. The molecule has 2 bridgehead atoms. The fraction of sp³-hybridized carbons (Fsp3) is 0.192. The smallest absolute Gasteiger partial charge is 0.165 e. The Labute approximate surface area is 327 Å². The first-order valence-corrected chi connectivity index (χ1v) is 20.0. The summed E-state index contributed by atoms with van der Waals surface area (Å²) in [6, 6.07) is 55.6. The van der Waals surface area contributed by atoms with Crippen molar-refractivity contribution in [3.05, 3.63) is 163 Å². The predicted octanol–water partition coefficient (Wildman–Crippen LogP) is 12.9. The second-order valence-corrected chi connectivity index (χ2v) is 16.7. The number of nitrogens with zero attached hydrogens (tertiary/aromatic N) is 4. The summed E-state index contributed by atoms with van der Waals surface area (Å²) < 4.78 is 0. The van der Waals surface area contributed by atoms with Gasteiger partial charge in [-0.1, -0.05) is 134 Å². The first kappa shape index (κ1) is 32.9. The average Bonchev–Trinajstić information content (AvgIpc) is 3.77. The Bertz CT molecular complexity index is 2840. The fourth-order valence-corrected chi connectivity index (χ4v) is 11.1. The van der Waals surface area contributed by atoms with Gasteiger partial charge in [0.2, 0.25) is 0 Å². The molecule has 0 radical (unpaired) electrons. The Morgan fingerprint density at radius 3 is 1.50 bits per heavy atom. The number of hydrogen-bond acceptors (Lipinski definition) is 4. The van der Waals surface area contributed by atoms with Crippen LogP contribution in [0, 0.1) is 28.6 Å². The lowest BCUT2D eigenvalue weighted by Crippen LogP contribution is -2.26. The molecule has 3 aliphatic rings. The number of benzene rings is 7. The monoisotopic (exact) mass is 720 g/mol. The van der Waals surface area contributed by atoms with Crippen molar-refractivity contribution in [2.24, 2.45) is 17.3 Å². The van der Waals surface area contributed by atoms with E-state index in [9.17, 15) is 5.26 Å². The molecule has 1 aromatic heterocycles. The molecule has 56 heavy (non-hydrogen) atoms. The maximum absolute atomic E-state index is 9.54. The third-order valence-electron chi connectivity index (χ3n) is 13.8. The van der Waals surface area contributed by atoms with Gasteiger partial charge in [0.05, 0.1) is 11.6 Å². The number of nitriles is 1. The van der Waals surface area contributed by atoms with Gasteiger partial charge in [0.25, 0.3) is 0 Å². The molecule has 4 nitrogen and oxygen atoms in total. The molecule has 3 saturated carbocycles. The van der Waals surface area contributed by atoms with E-state index in [4.69, 9.17) is 15.0 Å². The number of rotatable bonds is 6. The summed E-state index contributed by atoms with van der Waals surface area (Å²) in [6.07, 6.45) is 6.96. The van der Waals surface area contributed by atoms with Crippen LogP contribution in [0.25, 0.3) is 78.0 Å². The molecule has 4 atom stereocenters. The van der Waals surface area contributed by atoms with Gasteiger partial charge >= 0.3 is 0 Å². The molecule has 0 saturated heterocycles. The highest BCUT2D eigenvalue weighted by Crippen LogP contribution is 2.72. The highest BCUT2D eigenvalue weighted by molar-refractivity contribution is 6.21. The van der Waals surface area contributed by atoms with Crippen molar-refractivity contribution in [3.63, 3.8) is 0 Å². The molecule has 268 valence electrons. The SMILES string of the molecule is C[C@@]12CC3(c4ccc(-c5ccc(-c6nc(-c7ccc(C#N)cc7)nc(-c7c(-c8ccccc8)c8ccccc8c8ccccc78)n6)cc5)cc4)C[C@H]1CC[C@H]2C3. The minimum absolute atomic E-state index is 0.378. The first-order valence-electron chi connectivity index (χ1n) is 20.0. The minimum Gasteiger partial charge on any atom is -0.208 e. The van der Waals surface area contributed by atoms with Crippen LogP contribution >= 0.6 is 0 Å². The molecule has 4 heteroatoms. The van der Waals surface area contributed by atoms with Crippen molar-refractivity contribution in [3.8, 4) is 62.5 Å². The minimum atomic E-state index is 0.378. The van der Waals surface area contributed by atoms with E-state index in [2.05, 4.69) is 140 Å². The summed E-state index contributed by atoms with van der Waals surface area (Å²) in [5.41, 5.74) is 10.4. The van der Waals surface area contributed by atoms with Crippen LogP contribution in [0.5, 0.6) is 0 Å². The second-order valence-electron chi connectivity index (χ2n) is 16.7. The van der Waals surface area contributed by atoms with Crippen molar-refractivity contribution >= 4 is 21.5 Å². The molecule has 0 aliphatic heterocycles. The summed E-state index contributed by atoms with van der Waals surface area (Å²) in [5, 5.41) is 14.1. The summed E-state index contributed by atoms with van der Waals surface area (Å²) in [4.78, 5) is 15.6. The highest BCUT2D eigenvalue weighted by Gasteiger charge is 2.65. The quantitative estimate of drug-likeness (QED) is 0.160. The number of hydrogen-bond donors (Lipinski definition) is 0. The summed E-state index contributed by atoms with van der Waals surface area (Å²) >= 11 is 0. The van der Waals surface area contributed by atoms with E-state index in [1.54, 1.807) is 5.56 Å². The lowest BCUT2D eigenvalue weighted by Gasteiger charge is -2.33. The molecule has 1 unspecified atom stereocenters. The van der Waals surface area contributed by atoms with Crippen molar-refractivity contribution in [2.75, 3.05) is 0 Å². The van der Waals surface area contributed by atoms with Gasteiger partial charge in [0.15, 0.2) is 17.5 Å². The van der Waals surface area contributed by atoms with Crippen molar-refractivity contribution < 1.29 is 0 Å². The maximum Gasteiger partial charge on any atom is 0.165 e. The molecule has 8 aromatic rings. The topological polar surface area (TPSA) is 62.5 Å². The average molecular weight is 721 g/mol. The van der Waals surface area contributed by atoms with Gasteiger partial charge < -0.3 is 0 Å². The molecule has 3 aliphatic carbocycles. The van der Waals surface area contributed by atoms with Crippen molar-refractivity contribution in [2.45, 2.75) is 44.4 Å². The van der Waals surface area contributed by atoms with E-state index in [-0.39, 0.29) is 0 Å². The largest absolute Gasteiger partial charge is 0.208 e. The third kappa shape index (κ3) is 5.07. The van der Waals surface area contributed by atoms with Crippen LogP contribution in [0.1, 0.15) is 50.2 Å². The standard InChI is InChI=1S/C52H40N4/c1-51-32-52(29-40(51)27-28-41(51)30-52)39-25-23-35(24-26-39)34-19-21-38(22-20-34)49-54-48(37-17-15-33(31-53)16-18-37)55-50(56-49)47-45-14-8-6-12-43(45)42-11-5-7-13-44(42)46(47)36-9-3-2-4-10-36/h2-26,40-41H,27-30,32H2,1H3/t40-,41+,51-,52?. The van der Waals surface area contributed by atoms with Gasteiger partial charge in [0.1, 0.15) is 0 Å². The van der Waals surface area contributed by atoms with E-state index >= 15 is 0 Å². The lowest BCUT2D eigenvalue weighted by molar-refractivity contribution is 0.195. The molecule has 11 rings (SSSR count). The Kier molecular flexibility index (Phi) is 7.38. The first-order chi connectivity index (χ1) is 27.5. The van der Waals surface area contributed by atoms with Crippen LogP contribution in [0.3, 0.4) is 0 Å². The zero-order chi connectivity index (χ0) is 37.4. The molecular formula is C52H40N4. The maximum atomic E-state index is 9.54. The van der Waals surface area contributed by atoms with Crippen LogP contribution in [-0.2, 0) is 5.41 Å². The Hall–Kier alpha value is -6.44. The van der Waals surface area contributed by atoms with Gasteiger partial charge in [-0.3, -0.25) is 0 Å². The van der Waals surface area contributed by atoms with E-state index in [1.807, 2.05) is 24.3 Å². The van der Waals surface area contributed by atoms with Crippen LogP contribution in [0.4, 0.5) is 0 Å². The van der Waals surface area contributed by atoms with Crippen molar-refractivity contribution in [1.29, 1.82) is 5.26 Å². The highest BCUT2D eigenvalue weighted by atomic mass is 15.0. The summed E-state index contributed by atoms with van der Waals surface area (Å²) in [5.74, 6) is 3.59. The van der Waals surface area contributed by atoms with E-state index in [0.29, 0.717) is 33.9 Å². The Balaban J connectivity index is 1.04. The van der Waals surface area contributed by atoms with Gasteiger partial charge in [0, 0.05) is 22.3 Å². The van der Waals surface area contributed by atoms with Crippen LogP contribution in [0.15, 0.2) is 152 Å². The third-order valence-corrected chi connectivity index (χ3v) is 13.8. The van der Waals surface area contributed by atoms with Crippen LogP contribution < -0.4 is 0 Å². The fourth-order valence-electron chi connectivity index (χ4n) is 11.1. The summed E-state index contributed by atoms with van der Waals surface area (Å²) in [6.45, 7) is 2.58.